The summed E-state index contributed by atoms with van der Waals surface area (Å²) >= 11 is 0. The highest BCUT2D eigenvalue weighted by Crippen LogP contribution is 2.64. The van der Waals surface area contributed by atoms with Crippen LogP contribution in [0.3, 0.4) is 0 Å². The molecule has 0 N–H and O–H groups in total. The van der Waals surface area contributed by atoms with E-state index >= 15 is 0 Å². The highest BCUT2D eigenvalue weighted by atomic mass is 32.2. The SMILES string of the molecule is CCOC(=O)[C@@]1(C#N)[C@H](c2ccc(CC)cc2)[C@@H]1S(=O)(=O)c1ccccc1. The van der Waals surface area contributed by atoms with Gasteiger partial charge in [0.25, 0.3) is 0 Å². The van der Waals surface area contributed by atoms with Crippen LogP contribution in [0, 0.1) is 16.7 Å². The fourth-order valence-electron chi connectivity index (χ4n) is 3.61. The summed E-state index contributed by atoms with van der Waals surface area (Å²) < 4.78 is 31.5. The average Bonchev–Trinajstić information content (AvgIpc) is 3.40. The minimum Gasteiger partial charge on any atom is -0.465 e. The van der Waals surface area contributed by atoms with Crippen molar-refractivity contribution < 1.29 is 17.9 Å². The van der Waals surface area contributed by atoms with Crippen LogP contribution < -0.4 is 0 Å². The van der Waals surface area contributed by atoms with Crippen LogP contribution >= 0.6 is 0 Å². The van der Waals surface area contributed by atoms with E-state index in [-0.39, 0.29) is 11.5 Å². The molecule has 1 fully saturated rings. The Labute approximate surface area is 159 Å². The van der Waals surface area contributed by atoms with Gasteiger partial charge in [-0.25, -0.2) is 8.42 Å². The molecule has 0 spiro atoms. The van der Waals surface area contributed by atoms with Crippen molar-refractivity contribution >= 4 is 15.8 Å². The third-order valence-electron chi connectivity index (χ3n) is 5.08. The van der Waals surface area contributed by atoms with Crippen molar-refractivity contribution in [3.05, 3.63) is 65.7 Å². The van der Waals surface area contributed by atoms with Gasteiger partial charge in [-0.2, -0.15) is 5.26 Å². The first-order chi connectivity index (χ1) is 12.9. The number of aryl methyl sites for hydroxylation is 1. The number of benzene rings is 2. The first-order valence-electron chi connectivity index (χ1n) is 8.89. The van der Waals surface area contributed by atoms with E-state index in [1.54, 1.807) is 37.3 Å². The van der Waals surface area contributed by atoms with Crippen molar-refractivity contribution in [3.8, 4) is 6.07 Å². The number of carbonyl (C=O) groups is 1. The summed E-state index contributed by atoms with van der Waals surface area (Å²) in [5.74, 6) is -1.53. The van der Waals surface area contributed by atoms with E-state index in [1.807, 2.05) is 25.1 Å². The molecule has 0 unspecified atom stereocenters. The molecule has 1 saturated carbocycles. The summed E-state index contributed by atoms with van der Waals surface area (Å²) in [4.78, 5) is 12.7. The lowest BCUT2D eigenvalue weighted by Crippen LogP contribution is -2.25. The molecule has 3 atom stereocenters. The first kappa shape index (κ1) is 19.1. The van der Waals surface area contributed by atoms with Gasteiger partial charge in [-0.3, -0.25) is 4.79 Å². The Morgan fingerprint density at radius 2 is 1.74 bits per heavy atom. The van der Waals surface area contributed by atoms with E-state index in [9.17, 15) is 18.5 Å². The van der Waals surface area contributed by atoms with Gasteiger partial charge in [-0.1, -0.05) is 49.4 Å². The zero-order valence-corrected chi connectivity index (χ0v) is 16.1. The molecule has 1 aliphatic rings. The minimum absolute atomic E-state index is 0.0852. The van der Waals surface area contributed by atoms with Crippen LogP contribution in [0.2, 0.25) is 0 Å². The van der Waals surface area contributed by atoms with Crippen molar-refractivity contribution in [2.45, 2.75) is 36.3 Å². The van der Waals surface area contributed by atoms with Crippen molar-refractivity contribution in [2.24, 2.45) is 5.41 Å². The van der Waals surface area contributed by atoms with Crippen molar-refractivity contribution in [1.82, 2.24) is 0 Å². The maximum absolute atomic E-state index is 13.2. The zero-order chi connectivity index (χ0) is 19.7. The Kier molecular flexibility index (Phi) is 5.07. The predicted molar refractivity (Wildman–Crippen MR) is 101 cm³/mol. The van der Waals surface area contributed by atoms with Gasteiger partial charge in [0.1, 0.15) is 5.25 Å². The minimum atomic E-state index is -3.89. The van der Waals surface area contributed by atoms with Gasteiger partial charge in [-0.15, -0.1) is 0 Å². The summed E-state index contributed by atoms with van der Waals surface area (Å²) in [7, 11) is -3.89. The maximum atomic E-state index is 13.2. The number of nitrogens with zero attached hydrogens (tertiary/aromatic N) is 1. The molecule has 0 radical (unpaired) electrons. The molecule has 2 aromatic carbocycles. The van der Waals surface area contributed by atoms with E-state index in [0.717, 1.165) is 12.0 Å². The monoisotopic (exact) mass is 383 g/mol. The number of hydrogen-bond donors (Lipinski definition) is 0. The lowest BCUT2D eigenvalue weighted by Gasteiger charge is -2.09. The van der Waals surface area contributed by atoms with Crippen LogP contribution in [0.15, 0.2) is 59.5 Å². The Morgan fingerprint density at radius 1 is 1.11 bits per heavy atom. The van der Waals surface area contributed by atoms with Gasteiger partial charge in [0, 0.05) is 5.92 Å². The molecule has 0 amide bonds. The van der Waals surface area contributed by atoms with E-state index in [1.165, 1.54) is 12.1 Å². The van der Waals surface area contributed by atoms with Gasteiger partial charge in [0.15, 0.2) is 15.3 Å². The Hall–Kier alpha value is -2.65. The average molecular weight is 383 g/mol. The quantitative estimate of drug-likeness (QED) is 0.715. The molecule has 1 aliphatic carbocycles. The normalized spacial score (nSPS) is 24.0. The number of carbonyl (C=O) groups excluding carboxylic acids is 1. The van der Waals surface area contributed by atoms with Crippen molar-refractivity contribution in [3.63, 3.8) is 0 Å². The van der Waals surface area contributed by atoms with Gasteiger partial charge in [-0.05, 0) is 36.6 Å². The molecule has 140 valence electrons. The summed E-state index contributed by atoms with van der Waals surface area (Å²) in [6.07, 6.45) is 0.845. The lowest BCUT2D eigenvalue weighted by molar-refractivity contribution is -0.147. The standard InChI is InChI=1S/C21H21NO4S/c1-3-15-10-12-16(13-11-15)18-19(21(18,14-22)20(23)26-4-2)27(24,25)17-8-6-5-7-9-17/h5-13,18-19H,3-4H2,1-2H3/t18-,19+,21+/m1/s1. The molecule has 0 saturated heterocycles. The van der Waals surface area contributed by atoms with Gasteiger partial charge in [0.05, 0.1) is 17.6 Å². The highest BCUT2D eigenvalue weighted by Gasteiger charge is 2.77. The number of esters is 1. The van der Waals surface area contributed by atoms with E-state index in [2.05, 4.69) is 0 Å². The van der Waals surface area contributed by atoms with E-state index < -0.39 is 32.4 Å². The molecule has 0 aliphatic heterocycles. The van der Waals surface area contributed by atoms with Crippen molar-refractivity contribution in [2.75, 3.05) is 6.61 Å². The smallest absolute Gasteiger partial charge is 0.328 e. The molecule has 3 rings (SSSR count). The van der Waals surface area contributed by atoms with E-state index in [0.29, 0.717) is 5.56 Å². The molecule has 6 heteroatoms. The second kappa shape index (κ2) is 7.16. The number of hydrogen-bond acceptors (Lipinski definition) is 5. The topological polar surface area (TPSA) is 84.2 Å². The van der Waals surface area contributed by atoms with Crippen LogP contribution in [-0.4, -0.2) is 26.2 Å². The third kappa shape index (κ3) is 3.02. The fourth-order valence-corrected chi connectivity index (χ4v) is 5.87. The zero-order valence-electron chi connectivity index (χ0n) is 15.3. The lowest BCUT2D eigenvalue weighted by atomic mass is 9.99. The van der Waals surface area contributed by atoms with Gasteiger partial charge >= 0.3 is 5.97 Å². The maximum Gasteiger partial charge on any atom is 0.328 e. The summed E-state index contributed by atoms with van der Waals surface area (Å²) in [6.45, 7) is 3.74. The van der Waals surface area contributed by atoms with E-state index in [4.69, 9.17) is 4.74 Å². The molecular formula is C21H21NO4S. The number of nitriles is 1. The molecule has 0 aromatic heterocycles. The molecule has 0 heterocycles. The summed E-state index contributed by atoms with van der Waals surface area (Å²) in [6, 6.07) is 17.3. The highest BCUT2D eigenvalue weighted by molar-refractivity contribution is 7.92. The van der Waals surface area contributed by atoms with Crippen LogP contribution in [0.4, 0.5) is 0 Å². The van der Waals surface area contributed by atoms with Gasteiger partial charge < -0.3 is 4.74 Å². The van der Waals surface area contributed by atoms with Crippen molar-refractivity contribution in [1.29, 1.82) is 5.26 Å². The number of ether oxygens (including phenoxy) is 1. The second-order valence-electron chi connectivity index (χ2n) is 6.55. The molecule has 2 aromatic rings. The molecular weight excluding hydrogens is 362 g/mol. The Balaban J connectivity index is 2.11. The van der Waals surface area contributed by atoms with Crippen LogP contribution in [0.5, 0.6) is 0 Å². The Morgan fingerprint density at radius 3 is 2.26 bits per heavy atom. The number of sulfone groups is 1. The van der Waals surface area contributed by atoms with Gasteiger partial charge in [0.2, 0.25) is 0 Å². The second-order valence-corrected chi connectivity index (χ2v) is 8.62. The molecule has 5 nitrogen and oxygen atoms in total. The third-order valence-corrected chi connectivity index (χ3v) is 7.33. The Bertz CT molecular complexity index is 977. The van der Waals surface area contributed by atoms with Crippen LogP contribution in [-0.2, 0) is 25.8 Å². The van der Waals surface area contributed by atoms with Crippen LogP contribution in [0.25, 0.3) is 0 Å². The van der Waals surface area contributed by atoms with Crippen LogP contribution in [0.1, 0.15) is 30.9 Å². The first-order valence-corrected chi connectivity index (χ1v) is 10.4. The predicted octanol–water partition coefficient (Wildman–Crippen LogP) is 3.26. The molecule has 0 bridgehead atoms. The fraction of sp³-hybridized carbons (Fsp3) is 0.333. The molecule has 27 heavy (non-hydrogen) atoms. The summed E-state index contributed by atoms with van der Waals surface area (Å²) in [5, 5.41) is 8.69. The largest absolute Gasteiger partial charge is 0.465 e. The summed E-state index contributed by atoms with van der Waals surface area (Å²) in [5.41, 5.74) is 0.0326. The number of rotatable bonds is 6.